The molecule has 6 nitrogen and oxygen atoms in total. The monoisotopic (exact) mass is 252 g/mol. The maximum Gasteiger partial charge on any atom is 1.00 e. The van der Waals surface area contributed by atoms with Crippen LogP contribution in [0.4, 0.5) is 0 Å². The standard InChI is InChI=1S/C3H8O6S2.2Na.2H/c1-2-3(10(4,5)6)11(7,8)9;;;;/h3H,2H2,1H3,(H,4,5,6)(H,7,8,9);;;;/q;2*+1;2*-1. The second-order valence-corrected chi connectivity index (χ2v) is 5.36. The molecule has 0 saturated heterocycles. The Morgan fingerprint density at radius 2 is 1.31 bits per heavy atom. The van der Waals surface area contributed by atoms with Crippen molar-refractivity contribution in [3.8, 4) is 0 Å². The summed E-state index contributed by atoms with van der Waals surface area (Å²) in [4.78, 5) is 0. The van der Waals surface area contributed by atoms with Crippen molar-refractivity contribution < 1.29 is 87.9 Å². The first-order valence-corrected chi connectivity index (χ1v) is 5.63. The van der Waals surface area contributed by atoms with Crippen LogP contribution >= 0.6 is 0 Å². The van der Waals surface area contributed by atoms with Gasteiger partial charge in [-0.2, -0.15) is 16.8 Å². The van der Waals surface area contributed by atoms with E-state index in [1.165, 1.54) is 6.92 Å². The van der Waals surface area contributed by atoms with Crippen molar-refractivity contribution in [3.63, 3.8) is 0 Å². The Labute approximate surface area is 125 Å². The summed E-state index contributed by atoms with van der Waals surface area (Å²) < 4.78 is 55.3. The predicted octanol–water partition coefficient (Wildman–Crippen LogP) is -6.27. The minimum absolute atomic E-state index is 0. The van der Waals surface area contributed by atoms with E-state index in [9.17, 15) is 16.8 Å². The zero-order valence-electron chi connectivity index (χ0n) is 9.63. The first-order valence-electron chi connectivity index (χ1n) is 2.62. The second-order valence-electron chi connectivity index (χ2n) is 1.87. The van der Waals surface area contributed by atoms with E-state index in [0.29, 0.717) is 0 Å². The fourth-order valence-electron chi connectivity index (χ4n) is 0.575. The van der Waals surface area contributed by atoms with Crippen molar-refractivity contribution in [2.24, 2.45) is 0 Å². The summed E-state index contributed by atoms with van der Waals surface area (Å²) in [7, 11) is -9.42. The summed E-state index contributed by atoms with van der Waals surface area (Å²) in [5, 5.41) is 0. The third kappa shape index (κ3) is 7.71. The van der Waals surface area contributed by atoms with E-state index in [1.54, 1.807) is 0 Å². The van der Waals surface area contributed by atoms with E-state index >= 15 is 0 Å². The van der Waals surface area contributed by atoms with E-state index in [4.69, 9.17) is 9.11 Å². The van der Waals surface area contributed by atoms with Gasteiger partial charge in [-0.05, 0) is 6.42 Å². The van der Waals surface area contributed by atoms with Crippen LogP contribution in [0.5, 0.6) is 0 Å². The molecule has 2 N–H and O–H groups in total. The molecule has 0 fully saturated rings. The molecule has 0 saturated carbocycles. The first-order chi connectivity index (χ1) is 4.69. The summed E-state index contributed by atoms with van der Waals surface area (Å²) in [6.07, 6.45) is -0.391. The topological polar surface area (TPSA) is 109 Å². The van der Waals surface area contributed by atoms with Crippen LogP contribution in [0.15, 0.2) is 0 Å². The molecular formula is C3H10Na2O6S2. The molecule has 13 heavy (non-hydrogen) atoms. The van der Waals surface area contributed by atoms with Crippen LogP contribution in [-0.2, 0) is 20.2 Å². The molecule has 0 heterocycles. The Balaban J connectivity index is -0.0000000833. The summed E-state index contributed by atoms with van der Waals surface area (Å²) in [6.45, 7) is 1.21. The molecule has 0 spiro atoms. The fourth-order valence-corrected chi connectivity index (χ4v) is 2.65. The van der Waals surface area contributed by atoms with Gasteiger partial charge >= 0.3 is 59.1 Å². The van der Waals surface area contributed by atoms with Gasteiger partial charge in [0.25, 0.3) is 20.2 Å². The van der Waals surface area contributed by atoms with Gasteiger partial charge in [0.05, 0.1) is 0 Å². The van der Waals surface area contributed by atoms with E-state index in [0.717, 1.165) is 0 Å². The van der Waals surface area contributed by atoms with Gasteiger partial charge in [0.15, 0.2) is 0 Å². The zero-order valence-corrected chi connectivity index (χ0v) is 13.3. The molecule has 72 valence electrons. The Morgan fingerprint density at radius 3 is 1.31 bits per heavy atom. The molecule has 10 heteroatoms. The molecule has 0 aromatic carbocycles. The Hall–Kier alpha value is 1.82. The average molecular weight is 252 g/mol. The van der Waals surface area contributed by atoms with E-state index in [2.05, 4.69) is 0 Å². The van der Waals surface area contributed by atoms with Gasteiger partial charge in [-0.1, -0.05) is 6.92 Å². The Bertz CT molecular complexity index is 294. The molecule has 0 aliphatic heterocycles. The average Bonchev–Trinajstić information content (AvgIpc) is 1.56. The third-order valence-electron chi connectivity index (χ3n) is 0.998. The van der Waals surface area contributed by atoms with Gasteiger partial charge in [0, 0.05) is 0 Å². The first kappa shape index (κ1) is 20.3. The molecule has 0 aromatic heterocycles. The van der Waals surface area contributed by atoms with E-state index < -0.39 is 31.2 Å². The Morgan fingerprint density at radius 1 is 1.08 bits per heavy atom. The third-order valence-corrected chi connectivity index (χ3v) is 4.45. The molecular weight excluding hydrogens is 242 g/mol. The van der Waals surface area contributed by atoms with Crippen LogP contribution < -0.4 is 59.1 Å². The van der Waals surface area contributed by atoms with Crippen LogP contribution in [0.3, 0.4) is 0 Å². The number of rotatable bonds is 3. The summed E-state index contributed by atoms with van der Waals surface area (Å²) >= 11 is 0. The molecule has 0 amide bonds. The summed E-state index contributed by atoms with van der Waals surface area (Å²) in [5.41, 5.74) is 0. The van der Waals surface area contributed by atoms with Gasteiger partial charge in [-0.25, -0.2) is 0 Å². The normalized spacial score (nSPS) is 11.7. The molecule has 0 aliphatic carbocycles. The second kappa shape index (κ2) is 7.15. The number of hydrogen-bond donors (Lipinski definition) is 2. The quantitative estimate of drug-likeness (QED) is 0.382. The van der Waals surface area contributed by atoms with E-state index in [1.807, 2.05) is 0 Å². The maximum absolute atomic E-state index is 10.2. The Kier molecular flexibility index (Phi) is 11.1. The van der Waals surface area contributed by atoms with Crippen LogP contribution in [0.1, 0.15) is 16.2 Å². The maximum atomic E-state index is 10.2. The molecule has 0 aliphatic rings. The molecule has 0 radical (unpaired) electrons. The SMILES string of the molecule is CCC(S(=O)(=O)O)S(=O)(=O)O.[H-].[H-].[Na+].[Na+]. The summed E-state index contributed by atoms with van der Waals surface area (Å²) in [6, 6.07) is 0. The number of hydrogen-bond acceptors (Lipinski definition) is 4. The van der Waals surface area contributed by atoms with Crippen LogP contribution in [0.2, 0.25) is 0 Å². The van der Waals surface area contributed by atoms with Crippen molar-refractivity contribution in [3.05, 3.63) is 0 Å². The molecule has 0 aromatic rings. The largest absolute Gasteiger partial charge is 1.00 e. The smallest absolute Gasteiger partial charge is 1.00 e. The van der Waals surface area contributed by atoms with Crippen molar-refractivity contribution >= 4 is 20.2 Å². The van der Waals surface area contributed by atoms with Crippen molar-refractivity contribution in [2.45, 2.75) is 17.9 Å². The van der Waals surface area contributed by atoms with Crippen molar-refractivity contribution in [2.75, 3.05) is 0 Å². The van der Waals surface area contributed by atoms with E-state index in [-0.39, 0.29) is 62.0 Å². The molecule has 0 unspecified atom stereocenters. The fraction of sp³-hybridized carbons (Fsp3) is 1.00. The van der Waals surface area contributed by atoms with Gasteiger partial charge < -0.3 is 2.85 Å². The minimum atomic E-state index is -4.71. The van der Waals surface area contributed by atoms with Crippen molar-refractivity contribution in [1.82, 2.24) is 0 Å². The zero-order chi connectivity index (χ0) is 9.28. The van der Waals surface area contributed by atoms with Gasteiger partial charge in [-0.3, -0.25) is 9.11 Å². The van der Waals surface area contributed by atoms with Crippen molar-refractivity contribution in [1.29, 1.82) is 0 Å². The molecule has 0 bridgehead atoms. The predicted molar refractivity (Wildman–Crippen MR) is 39.4 cm³/mol. The summed E-state index contributed by atoms with van der Waals surface area (Å²) in [5.74, 6) is 0. The van der Waals surface area contributed by atoms with Crippen LogP contribution in [0.25, 0.3) is 0 Å². The van der Waals surface area contributed by atoms with Gasteiger partial charge in [-0.15, -0.1) is 0 Å². The van der Waals surface area contributed by atoms with Crippen LogP contribution in [-0.4, -0.2) is 30.5 Å². The molecule has 0 rings (SSSR count). The van der Waals surface area contributed by atoms with Crippen LogP contribution in [0, 0.1) is 0 Å². The van der Waals surface area contributed by atoms with Gasteiger partial charge in [0.2, 0.25) is 4.58 Å². The molecule has 0 atom stereocenters. The van der Waals surface area contributed by atoms with Gasteiger partial charge in [0.1, 0.15) is 0 Å². The minimum Gasteiger partial charge on any atom is -1.00 e.